The summed E-state index contributed by atoms with van der Waals surface area (Å²) >= 11 is 0. The summed E-state index contributed by atoms with van der Waals surface area (Å²) in [5.74, 6) is 0. The molecule has 2 heteroatoms. The van der Waals surface area contributed by atoms with Crippen molar-refractivity contribution in [2.45, 2.75) is 5.41 Å². The van der Waals surface area contributed by atoms with Crippen molar-refractivity contribution in [1.82, 2.24) is 0 Å². The first kappa shape index (κ1) is 31.4. The first-order chi connectivity index (χ1) is 27.3. The van der Waals surface area contributed by atoms with E-state index in [1.165, 1.54) is 55.3 Å². The molecular weight excluding hydrogens is 665 g/mol. The van der Waals surface area contributed by atoms with E-state index < -0.39 is 5.41 Å². The summed E-state index contributed by atoms with van der Waals surface area (Å²) in [5.41, 5.74) is 16.7. The molecule has 0 aliphatic heterocycles. The van der Waals surface area contributed by atoms with Crippen LogP contribution in [-0.2, 0) is 5.41 Å². The van der Waals surface area contributed by atoms with Gasteiger partial charge in [-0.15, -0.1) is 0 Å². The van der Waals surface area contributed by atoms with Crippen LogP contribution in [0.1, 0.15) is 22.3 Å². The van der Waals surface area contributed by atoms with Gasteiger partial charge in [0.15, 0.2) is 0 Å². The Kier molecular flexibility index (Phi) is 7.11. The predicted octanol–water partition coefficient (Wildman–Crippen LogP) is 14.1. The van der Waals surface area contributed by atoms with Gasteiger partial charge >= 0.3 is 0 Å². The Hall–Kier alpha value is -7.16. The Labute approximate surface area is 321 Å². The van der Waals surface area contributed by atoms with E-state index in [-0.39, 0.29) is 0 Å². The molecule has 2 nitrogen and oxygen atoms in total. The van der Waals surface area contributed by atoms with Crippen LogP contribution in [0.2, 0.25) is 0 Å². The Morgan fingerprint density at radius 2 is 0.745 bits per heavy atom. The van der Waals surface area contributed by atoms with Crippen LogP contribution in [-0.4, -0.2) is 0 Å². The molecule has 0 amide bonds. The van der Waals surface area contributed by atoms with Crippen molar-refractivity contribution in [3.05, 3.63) is 241 Å². The number of hydrogen-bond donors (Lipinski definition) is 0. The van der Waals surface area contributed by atoms with Gasteiger partial charge in [0, 0.05) is 33.8 Å². The maximum atomic E-state index is 2.48. The zero-order chi connectivity index (χ0) is 36.3. The van der Waals surface area contributed by atoms with Crippen LogP contribution >= 0.6 is 0 Å². The van der Waals surface area contributed by atoms with E-state index in [0.717, 1.165) is 34.1 Å². The molecule has 11 rings (SSSR count). The standard InChI is InChI=1S/C53H36N2/c1-4-19-38(20-5-1)54(39-21-6-2-7-22-39)41-32-34-50-47(35-41)45-27-13-15-29-49(45)53(50)48-28-14-12-26-44(48)46-33-31-42(36-51(46)53)55(40-23-8-3-9-24-40)52-30-16-18-37-17-10-11-25-43(37)52/h1-36H. The highest BCUT2D eigenvalue weighted by molar-refractivity contribution is 6.01. The van der Waals surface area contributed by atoms with Crippen LogP contribution in [0.3, 0.4) is 0 Å². The van der Waals surface area contributed by atoms with Crippen molar-refractivity contribution < 1.29 is 0 Å². The molecule has 2 aliphatic carbocycles. The Bertz CT molecular complexity index is 2840. The smallest absolute Gasteiger partial charge is 0.0726 e. The zero-order valence-corrected chi connectivity index (χ0v) is 30.2. The molecule has 9 aromatic rings. The van der Waals surface area contributed by atoms with Gasteiger partial charge in [0.25, 0.3) is 0 Å². The predicted molar refractivity (Wildman–Crippen MR) is 230 cm³/mol. The fourth-order valence-corrected chi connectivity index (χ4v) is 9.41. The highest BCUT2D eigenvalue weighted by Crippen LogP contribution is 2.64. The van der Waals surface area contributed by atoms with Gasteiger partial charge in [0.2, 0.25) is 0 Å². The lowest BCUT2D eigenvalue weighted by Crippen LogP contribution is -2.26. The number of fused-ring (bicyclic) bond motifs is 11. The van der Waals surface area contributed by atoms with Gasteiger partial charge in [-0.05, 0) is 117 Å². The van der Waals surface area contributed by atoms with Gasteiger partial charge in [-0.3, -0.25) is 0 Å². The molecule has 258 valence electrons. The maximum Gasteiger partial charge on any atom is 0.0726 e. The minimum Gasteiger partial charge on any atom is -0.310 e. The molecule has 0 radical (unpaired) electrons. The van der Waals surface area contributed by atoms with Gasteiger partial charge < -0.3 is 9.80 Å². The molecule has 1 spiro atoms. The lowest BCUT2D eigenvalue weighted by atomic mass is 9.70. The number of anilines is 6. The summed E-state index contributed by atoms with van der Waals surface area (Å²) in [6.45, 7) is 0. The summed E-state index contributed by atoms with van der Waals surface area (Å²) in [7, 11) is 0. The van der Waals surface area contributed by atoms with Crippen LogP contribution in [0.4, 0.5) is 34.1 Å². The van der Waals surface area contributed by atoms with Gasteiger partial charge in [0.1, 0.15) is 0 Å². The minimum atomic E-state index is -0.488. The third-order valence-corrected chi connectivity index (χ3v) is 11.6. The molecule has 0 bridgehead atoms. The molecule has 55 heavy (non-hydrogen) atoms. The lowest BCUT2D eigenvalue weighted by Gasteiger charge is -2.33. The number of hydrogen-bond acceptors (Lipinski definition) is 2. The molecule has 0 N–H and O–H groups in total. The van der Waals surface area contributed by atoms with Crippen LogP contribution in [0, 0.1) is 0 Å². The number of benzene rings is 9. The number of para-hydroxylation sites is 3. The average molecular weight is 701 g/mol. The number of nitrogens with zero attached hydrogens (tertiary/aromatic N) is 2. The highest BCUT2D eigenvalue weighted by Gasteiger charge is 2.52. The molecule has 0 saturated heterocycles. The highest BCUT2D eigenvalue weighted by atomic mass is 15.1. The molecule has 9 aromatic carbocycles. The largest absolute Gasteiger partial charge is 0.310 e. The monoisotopic (exact) mass is 700 g/mol. The van der Waals surface area contributed by atoms with Crippen LogP contribution in [0.25, 0.3) is 33.0 Å². The lowest BCUT2D eigenvalue weighted by molar-refractivity contribution is 0.793. The van der Waals surface area contributed by atoms with E-state index in [9.17, 15) is 0 Å². The molecule has 0 heterocycles. The average Bonchev–Trinajstić information content (AvgIpc) is 3.72. The van der Waals surface area contributed by atoms with E-state index in [4.69, 9.17) is 0 Å². The van der Waals surface area contributed by atoms with Crippen LogP contribution in [0.15, 0.2) is 218 Å². The second-order valence-corrected chi connectivity index (χ2v) is 14.5. The fourth-order valence-electron chi connectivity index (χ4n) is 9.41. The zero-order valence-electron chi connectivity index (χ0n) is 30.2. The van der Waals surface area contributed by atoms with Crippen molar-refractivity contribution in [1.29, 1.82) is 0 Å². The SMILES string of the molecule is c1ccc(N(c2ccccc2)c2ccc3c(c2)-c2ccccc2C32c3ccccc3-c3ccc(N(c4ccccc4)c4cccc5ccccc45)cc32)cc1. The van der Waals surface area contributed by atoms with E-state index in [1.54, 1.807) is 0 Å². The molecule has 0 aromatic heterocycles. The Balaban J connectivity index is 1.17. The van der Waals surface area contributed by atoms with Gasteiger partial charge in [-0.25, -0.2) is 0 Å². The van der Waals surface area contributed by atoms with Gasteiger partial charge in [-0.1, -0.05) is 152 Å². The topological polar surface area (TPSA) is 6.48 Å². The van der Waals surface area contributed by atoms with E-state index in [2.05, 4.69) is 228 Å². The Morgan fingerprint density at radius 1 is 0.273 bits per heavy atom. The maximum absolute atomic E-state index is 2.48. The fraction of sp³-hybridized carbons (Fsp3) is 0.0189. The second kappa shape index (κ2) is 12.5. The quantitative estimate of drug-likeness (QED) is 0.170. The molecule has 0 saturated carbocycles. The summed E-state index contributed by atoms with van der Waals surface area (Å²) in [6.07, 6.45) is 0. The molecule has 1 atom stereocenters. The van der Waals surface area contributed by atoms with E-state index >= 15 is 0 Å². The first-order valence-electron chi connectivity index (χ1n) is 19.0. The summed E-state index contributed by atoms with van der Waals surface area (Å²) in [5, 5.41) is 2.44. The first-order valence-corrected chi connectivity index (χ1v) is 19.0. The normalized spacial score (nSPS) is 14.6. The third kappa shape index (κ3) is 4.68. The van der Waals surface area contributed by atoms with Gasteiger partial charge in [0.05, 0.1) is 11.1 Å². The number of rotatable bonds is 6. The minimum absolute atomic E-state index is 0.488. The van der Waals surface area contributed by atoms with Crippen molar-refractivity contribution in [2.75, 3.05) is 9.80 Å². The summed E-state index contributed by atoms with van der Waals surface area (Å²) in [4.78, 5) is 4.80. The Morgan fingerprint density at radius 3 is 1.42 bits per heavy atom. The van der Waals surface area contributed by atoms with Crippen molar-refractivity contribution in [3.63, 3.8) is 0 Å². The third-order valence-electron chi connectivity index (χ3n) is 11.6. The van der Waals surface area contributed by atoms with Crippen LogP contribution < -0.4 is 9.80 Å². The molecule has 2 aliphatic rings. The molecule has 1 unspecified atom stereocenters. The van der Waals surface area contributed by atoms with Crippen molar-refractivity contribution in [3.8, 4) is 22.3 Å². The van der Waals surface area contributed by atoms with Crippen molar-refractivity contribution >= 4 is 44.9 Å². The van der Waals surface area contributed by atoms with Crippen molar-refractivity contribution in [2.24, 2.45) is 0 Å². The molecule has 0 fully saturated rings. The summed E-state index contributed by atoms with van der Waals surface area (Å²) in [6, 6.07) is 79.9. The second-order valence-electron chi connectivity index (χ2n) is 14.5. The molecular formula is C53H36N2. The van der Waals surface area contributed by atoms with E-state index in [1.807, 2.05) is 0 Å². The van der Waals surface area contributed by atoms with E-state index in [0.29, 0.717) is 0 Å². The van der Waals surface area contributed by atoms with Gasteiger partial charge in [-0.2, -0.15) is 0 Å². The summed E-state index contributed by atoms with van der Waals surface area (Å²) < 4.78 is 0. The van der Waals surface area contributed by atoms with Crippen LogP contribution in [0.5, 0.6) is 0 Å².